The van der Waals surface area contributed by atoms with Crippen molar-refractivity contribution in [1.29, 1.82) is 0 Å². The van der Waals surface area contributed by atoms with Crippen molar-refractivity contribution in [2.45, 2.75) is 26.0 Å². The van der Waals surface area contributed by atoms with Crippen LogP contribution in [0.3, 0.4) is 0 Å². The molecule has 4 nitrogen and oxygen atoms in total. The fourth-order valence-electron chi connectivity index (χ4n) is 0.969. The minimum atomic E-state index is 0.196. The number of nitrogens with two attached hydrogens (primary N) is 1. The molecule has 0 saturated heterocycles. The Morgan fingerprint density at radius 2 is 2.50 bits per heavy atom. The van der Waals surface area contributed by atoms with Crippen molar-refractivity contribution in [3.8, 4) is 0 Å². The van der Waals surface area contributed by atoms with E-state index in [2.05, 4.69) is 9.97 Å². The summed E-state index contributed by atoms with van der Waals surface area (Å²) in [5.74, 6) is 0.935. The van der Waals surface area contributed by atoms with Gasteiger partial charge in [-0.1, -0.05) is 0 Å². The Morgan fingerprint density at radius 1 is 1.75 bits per heavy atom. The molecule has 1 unspecified atom stereocenters. The van der Waals surface area contributed by atoms with Gasteiger partial charge in [0.1, 0.15) is 5.82 Å². The number of methoxy groups -OCH3 is 1. The van der Waals surface area contributed by atoms with E-state index in [9.17, 15) is 0 Å². The molecular weight excluding hydrogens is 154 g/mol. The monoisotopic (exact) mass is 169 g/mol. The standard InChI is InChI=1S/C8H15N3O/c1-6(12-2)3-8-10-5-7(4-9)11-8/h5-6H,3-4,9H2,1-2H3,(H,10,11). The van der Waals surface area contributed by atoms with Gasteiger partial charge in [-0.2, -0.15) is 0 Å². The summed E-state index contributed by atoms with van der Waals surface area (Å²) in [5.41, 5.74) is 6.39. The number of rotatable bonds is 4. The fourth-order valence-corrected chi connectivity index (χ4v) is 0.969. The molecule has 0 fully saturated rings. The van der Waals surface area contributed by atoms with E-state index in [-0.39, 0.29) is 6.10 Å². The molecule has 1 aromatic heterocycles. The largest absolute Gasteiger partial charge is 0.381 e. The molecule has 4 heteroatoms. The average Bonchev–Trinajstić information content (AvgIpc) is 2.52. The van der Waals surface area contributed by atoms with Gasteiger partial charge in [-0.15, -0.1) is 0 Å². The molecule has 0 aliphatic heterocycles. The number of H-pyrrole nitrogens is 1. The van der Waals surface area contributed by atoms with Crippen molar-refractivity contribution in [3.63, 3.8) is 0 Å². The van der Waals surface area contributed by atoms with Crippen molar-refractivity contribution in [3.05, 3.63) is 17.7 Å². The highest BCUT2D eigenvalue weighted by Gasteiger charge is 2.04. The third-order valence-electron chi connectivity index (χ3n) is 1.78. The van der Waals surface area contributed by atoms with Gasteiger partial charge in [-0.05, 0) is 6.92 Å². The first-order valence-electron chi connectivity index (χ1n) is 4.02. The third kappa shape index (κ3) is 2.32. The molecule has 3 N–H and O–H groups in total. The summed E-state index contributed by atoms with van der Waals surface area (Å²) in [6.45, 7) is 2.51. The Labute approximate surface area is 72.1 Å². The second-order valence-corrected chi connectivity index (χ2v) is 2.81. The van der Waals surface area contributed by atoms with Crippen molar-refractivity contribution in [2.75, 3.05) is 7.11 Å². The van der Waals surface area contributed by atoms with Gasteiger partial charge in [0.2, 0.25) is 0 Å². The number of aromatic amines is 1. The van der Waals surface area contributed by atoms with Crippen molar-refractivity contribution in [2.24, 2.45) is 5.73 Å². The molecule has 0 aromatic carbocycles. The van der Waals surface area contributed by atoms with Crippen molar-refractivity contribution >= 4 is 0 Å². The molecule has 0 spiro atoms. The summed E-state index contributed by atoms with van der Waals surface area (Å²) in [7, 11) is 1.69. The molecular formula is C8H15N3O. The third-order valence-corrected chi connectivity index (χ3v) is 1.78. The lowest BCUT2D eigenvalue weighted by Crippen LogP contribution is -2.09. The number of nitrogens with one attached hydrogen (secondary N) is 1. The molecule has 1 aromatic rings. The van der Waals surface area contributed by atoms with Crippen LogP contribution in [0.1, 0.15) is 18.4 Å². The molecule has 0 aliphatic carbocycles. The molecule has 0 amide bonds. The van der Waals surface area contributed by atoms with E-state index >= 15 is 0 Å². The van der Waals surface area contributed by atoms with Gasteiger partial charge in [0.05, 0.1) is 6.10 Å². The number of hydrogen-bond acceptors (Lipinski definition) is 3. The summed E-state index contributed by atoms with van der Waals surface area (Å²) >= 11 is 0. The molecule has 0 bridgehead atoms. The molecule has 1 heterocycles. The highest BCUT2D eigenvalue weighted by Crippen LogP contribution is 2.01. The number of imidazole rings is 1. The normalized spacial score (nSPS) is 13.2. The smallest absolute Gasteiger partial charge is 0.108 e. The van der Waals surface area contributed by atoms with E-state index in [1.807, 2.05) is 6.92 Å². The lowest BCUT2D eigenvalue weighted by molar-refractivity contribution is 0.117. The maximum absolute atomic E-state index is 5.42. The van der Waals surface area contributed by atoms with E-state index in [4.69, 9.17) is 10.5 Å². The number of ether oxygens (including phenoxy) is 1. The number of aromatic nitrogens is 2. The van der Waals surface area contributed by atoms with Crippen molar-refractivity contribution < 1.29 is 4.74 Å². The Morgan fingerprint density at radius 3 is 3.00 bits per heavy atom. The number of hydrogen-bond donors (Lipinski definition) is 2. The van der Waals surface area contributed by atoms with Crippen LogP contribution in [0.2, 0.25) is 0 Å². The highest BCUT2D eigenvalue weighted by molar-refractivity contribution is 5.01. The van der Waals surface area contributed by atoms with E-state index < -0.39 is 0 Å². The van der Waals surface area contributed by atoms with Crippen LogP contribution in [0.5, 0.6) is 0 Å². The summed E-state index contributed by atoms with van der Waals surface area (Å²) in [6.07, 6.45) is 2.76. The van der Waals surface area contributed by atoms with Gasteiger partial charge in [-0.3, -0.25) is 0 Å². The SMILES string of the molecule is COC(C)Cc1ncc(CN)[nH]1. The Balaban J connectivity index is 2.52. The summed E-state index contributed by atoms with van der Waals surface area (Å²) in [5, 5.41) is 0. The van der Waals surface area contributed by atoms with E-state index in [1.165, 1.54) is 0 Å². The second-order valence-electron chi connectivity index (χ2n) is 2.81. The van der Waals surface area contributed by atoms with Gasteiger partial charge in [0, 0.05) is 32.0 Å². The van der Waals surface area contributed by atoms with Crippen LogP contribution < -0.4 is 5.73 Å². The first-order chi connectivity index (χ1) is 5.76. The Bertz CT molecular complexity index is 234. The zero-order chi connectivity index (χ0) is 8.97. The van der Waals surface area contributed by atoms with Gasteiger partial charge in [-0.25, -0.2) is 4.98 Å². The zero-order valence-corrected chi connectivity index (χ0v) is 7.50. The molecule has 0 aliphatic rings. The Kier molecular flexibility index (Phi) is 3.25. The van der Waals surface area contributed by atoms with Gasteiger partial charge in [0.15, 0.2) is 0 Å². The highest BCUT2D eigenvalue weighted by atomic mass is 16.5. The Hall–Kier alpha value is -0.870. The van der Waals surface area contributed by atoms with Crippen LogP contribution in [0, 0.1) is 0 Å². The minimum absolute atomic E-state index is 0.196. The van der Waals surface area contributed by atoms with Gasteiger partial charge >= 0.3 is 0 Å². The summed E-state index contributed by atoms with van der Waals surface area (Å²) in [6, 6.07) is 0. The van der Waals surface area contributed by atoms with Crippen molar-refractivity contribution in [1.82, 2.24) is 9.97 Å². The first kappa shape index (κ1) is 9.22. The molecule has 68 valence electrons. The van der Waals surface area contributed by atoms with Crippen LogP contribution in [-0.2, 0) is 17.7 Å². The molecule has 12 heavy (non-hydrogen) atoms. The van der Waals surface area contributed by atoms with Crippen LogP contribution >= 0.6 is 0 Å². The number of nitrogens with zero attached hydrogens (tertiary/aromatic N) is 1. The van der Waals surface area contributed by atoms with Gasteiger partial charge < -0.3 is 15.5 Å². The molecule has 1 rings (SSSR count). The van der Waals surface area contributed by atoms with Crippen LogP contribution in [0.4, 0.5) is 0 Å². The molecule has 1 atom stereocenters. The van der Waals surface area contributed by atoms with Gasteiger partial charge in [0.25, 0.3) is 0 Å². The summed E-state index contributed by atoms with van der Waals surface area (Å²) < 4.78 is 5.11. The second kappa shape index (κ2) is 4.23. The zero-order valence-electron chi connectivity index (χ0n) is 7.50. The fraction of sp³-hybridized carbons (Fsp3) is 0.625. The van der Waals surface area contributed by atoms with Crippen LogP contribution in [0.25, 0.3) is 0 Å². The molecule has 0 radical (unpaired) electrons. The van der Waals surface area contributed by atoms with Crippen LogP contribution in [-0.4, -0.2) is 23.2 Å². The van der Waals surface area contributed by atoms with E-state index in [0.29, 0.717) is 6.54 Å². The van der Waals surface area contributed by atoms with E-state index in [1.54, 1.807) is 13.3 Å². The first-order valence-corrected chi connectivity index (χ1v) is 4.02. The topological polar surface area (TPSA) is 63.9 Å². The average molecular weight is 169 g/mol. The molecule has 0 saturated carbocycles. The van der Waals surface area contributed by atoms with E-state index in [0.717, 1.165) is 17.9 Å². The maximum atomic E-state index is 5.42. The maximum Gasteiger partial charge on any atom is 0.108 e. The quantitative estimate of drug-likeness (QED) is 0.687. The lowest BCUT2D eigenvalue weighted by Gasteiger charge is -2.05. The predicted octanol–water partition coefficient (Wildman–Crippen LogP) is 0.446. The predicted molar refractivity (Wildman–Crippen MR) is 46.7 cm³/mol. The lowest BCUT2D eigenvalue weighted by atomic mass is 10.3. The summed E-state index contributed by atoms with van der Waals surface area (Å²) in [4.78, 5) is 7.27. The minimum Gasteiger partial charge on any atom is -0.381 e. The van der Waals surface area contributed by atoms with Crippen LogP contribution in [0.15, 0.2) is 6.20 Å².